The van der Waals surface area contributed by atoms with Crippen LogP contribution in [0, 0.1) is 0 Å². The molecule has 1 aliphatic heterocycles. The Morgan fingerprint density at radius 1 is 1.28 bits per heavy atom. The molecule has 0 radical (unpaired) electrons. The van der Waals surface area contributed by atoms with Crippen LogP contribution in [0.2, 0.25) is 0 Å². The molecule has 1 amide bonds. The maximum Gasteiger partial charge on any atom is 0.273 e. The van der Waals surface area contributed by atoms with E-state index in [1.54, 1.807) is 6.20 Å². The van der Waals surface area contributed by atoms with E-state index < -0.39 is 0 Å². The van der Waals surface area contributed by atoms with E-state index in [4.69, 9.17) is 0 Å². The van der Waals surface area contributed by atoms with E-state index in [0.717, 1.165) is 38.8 Å². The van der Waals surface area contributed by atoms with Gasteiger partial charge < -0.3 is 10.6 Å². The van der Waals surface area contributed by atoms with Crippen molar-refractivity contribution < 1.29 is 4.79 Å². The van der Waals surface area contributed by atoms with Gasteiger partial charge in [-0.2, -0.15) is 0 Å². The van der Waals surface area contributed by atoms with Gasteiger partial charge in [0.2, 0.25) is 0 Å². The summed E-state index contributed by atoms with van der Waals surface area (Å²) in [7, 11) is 0. The molecule has 1 aromatic carbocycles. The Morgan fingerprint density at radius 2 is 2.04 bits per heavy atom. The lowest BCUT2D eigenvalue weighted by Crippen LogP contribution is -2.32. The predicted molar refractivity (Wildman–Crippen MR) is 97.8 cm³/mol. The zero-order chi connectivity index (χ0) is 17.1. The van der Waals surface area contributed by atoms with Gasteiger partial charge in [0, 0.05) is 16.2 Å². The minimum absolute atomic E-state index is 0.125. The highest BCUT2D eigenvalue weighted by Gasteiger charge is 2.44. The van der Waals surface area contributed by atoms with Gasteiger partial charge in [0.05, 0.1) is 12.2 Å². The van der Waals surface area contributed by atoms with Crippen LogP contribution in [-0.2, 0) is 0 Å². The molecule has 2 fully saturated rings. The van der Waals surface area contributed by atoms with E-state index in [9.17, 15) is 4.79 Å². The second-order valence-electron chi connectivity index (χ2n) is 6.85. The van der Waals surface area contributed by atoms with Crippen molar-refractivity contribution in [2.45, 2.75) is 41.4 Å². The Balaban J connectivity index is 1.32. The quantitative estimate of drug-likeness (QED) is 0.830. The number of aromatic nitrogens is 3. The highest BCUT2D eigenvalue weighted by atomic mass is 32.2. The van der Waals surface area contributed by atoms with Crippen LogP contribution in [0.4, 0.5) is 0 Å². The van der Waals surface area contributed by atoms with E-state index in [1.165, 1.54) is 4.90 Å². The molecule has 25 heavy (non-hydrogen) atoms. The van der Waals surface area contributed by atoms with Crippen molar-refractivity contribution in [1.29, 1.82) is 0 Å². The number of amides is 1. The van der Waals surface area contributed by atoms with Gasteiger partial charge in [0.25, 0.3) is 5.91 Å². The van der Waals surface area contributed by atoms with Gasteiger partial charge in [-0.05, 0) is 50.9 Å². The fraction of sp³-hybridized carbons (Fsp3) is 0.500. The van der Waals surface area contributed by atoms with Gasteiger partial charge >= 0.3 is 0 Å². The largest absolute Gasteiger partial charge is 0.349 e. The number of rotatable bonds is 6. The van der Waals surface area contributed by atoms with Gasteiger partial charge in [-0.15, -0.1) is 16.9 Å². The number of benzene rings is 1. The van der Waals surface area contributed by atoms with Gasteiger partial charge in [-0.3, -0.25) is 4.79 Å². The summed E-state index contributed by atoms with van der Waals surface area (Å²) in [5.41, 5.74) is 0.416. The molecule has 2 aromatic rings. The van der Waals surface area contributed by atoms with Crippen molar-refractivity contribution in [3.63, 3.8) is 0 Å². The first kappa shape index (κ1) is 16.6. The molecule has 2 N–H and O–H groups in total. The Kier molecular flexibility index (Phi) is 4.76. The van der Waals surface area contributed by atoms with Crippen LogP contribution in [0.1, 0.15) is 42.2 Å². The average molecular weight is 357 g/mol. The van der Waals surface area contributed by atoms with Crippen LogP contribution in [-0.4, -0.2) is 45.3 Å². The normalized spacial score (nSPS) is 19.5. The summed E-state index contributed by atoms with van der Waals surface area (Å²) >= 11 is 1.86. The predicted octanol–water partition coefficient (Wildman–Crippen LogP) is 2.26. The van der Waals surface area contributed by atoms with E-state index >= 15 is 0 Å². The number of nitrogens with one attached hydrogen (secondary N) is 2. The standard InChI is InChI=1S/C18H23N5OS/c24-17(16-12-23(22-21-16)14-6-10-19-11-7-14)20-13-18(8-9-18)25-15-4-2-1-3-5-15/h1-5,12,14,19H,6-11,13H2,(H,20,24). The lowest BCUT2D eigenvalue weighted by atomic mass is 10.1. The zero-order valence-electron chi connectivity index (χ0n) is 14.1. The molecule has 4 rings (SSSR count). The molecule has 2 aliphatic rings. The third-order valence-electron chi connectivity index (χ3n) is 4.88. The molecule has 1 saturated carbocycles. The number of hydrogen-bond donors (Lipinski definition) is 2. The second kappa shape index (κ2) is 7.17. The zero-order valence-corrected chi connectivity index (χ0v) is 15.0. The lowest BCUT2D eigenvalue weighted by molar-refractivity contribution is 0.0948. The smallest absolute Gasteiger partial charge is 0.273 e. The molecule has 0 atom stereocenters. The first-order chi connectivity index (χ1) is 12.2. The van der Waals surface area contributed by atoms with Crippen LogP contribution >= 0.6 is 11.8 Å². The summed E-state index contributed by atoms with van der Waals surface area (Å²) in [5.74, 6) is -0.125. The van der Waals surface area contributed by atoms with Gasteiger partial charge in [-0.1, -0.05) is 23.4 Å². The van der Waals surface area contributed by atoms with Crippen LogP contribution in [0.3, 0.4) is 0 Å². The number of piperidine rings is 1. The van der Waals surface area contributed by atoms with Crippen molar-refractivity contribution in [1.82, 2.24) is 25.6 Å². The minimum atomic E-state index is -0.125. The molecular weight excluding hydrogens is 334 g/mol. The van der Waals surface area contributed by atoms with Crippen LogP contribution in [0.25, 0.3) is 0 Å². The van der Waals surface area contributed by atoms with Crippen molar-refractivity contribution in [3.05, 3.63) is 42.2 Å². The molecule has 7 heteroatoms. The lowest BCUT2D eigenvalue weighted by Gasteiger charge is -2.22. The number of hydrogen-bond acceptors (Lipinski definition) is 5. The Bertz CT molecular complexity index is 722. The molecule has 1 aromatic heterocycles. The molecule has 1 saturated heterocycles. The topological polar surface area (TPSA) is 71.8 Å². The second-order valence-corrected chi connectivity index (χ2v) is 8.39. The number of thioether (sulfide) groups is 1. The molecule has 0 spiro atoms. The van der Waals surface area contributed by atoms with E-state index in [2.05, 4.69) is 45.2 Å². The molecule has 6 nitrogen and oxygen atoms in total. The summed E-state index contributed by atoms with van der Waals surface area (Å²) in [6.45, 7) is 2.65. The van der Waals surface area contributed by atoms with Crippen LogP contribution in [0.15, 0.2) is 41.4 Å². The summed E-state index contributed by atoms with van der Waals surface area (Å²) in [6, 6.07) is 10.7. The highest BCUT2D eigenvalue weighted by Crippen LogP contribution is 2.51. The molecule has 132 valence electrons. The third kappa shape index (κ3) is 4.04. The molecule has 1 aliphatic carbocycles. The van der Waals surface area contributed by atoms with E-state index in [0.29, 0.717) is 18.3 Å². The summed E-state index contributed by atoms with van der Waals surface area (Å²) < 4.78 is 1.99. The maximum absolute atomic E-state index is 12.4. The SMILES string of the molecule is O=C(NCC1(Sc2ccccc2)CC1)c1cn(C2CCNCC2)nn1. The summed E-state index contributed by atoms with van der Waals surface area (Å²) in [4.78, 5) is 13.7. The molecular formula is C18H23N5OS. The number of nitrogens with zero attached hydrogens (tertiary/aromatic N) is 3. The van der Waals surface area contributed by atoms with Gasteiger partial charge in [0.1, 0.15) is 0 Å². The maximum atomic E-state index is 12.4. The highest BCUT2D eigenvalue weighted by molar-refractivity contribution is 8.01. The molecule has 0 unspecified atom stereocenters. The minimum Gasteiger partial charge on any atom is -0.349 e. The Labute approximate surface area is 151 Å². The average Bonchev–Trinajstić information content (AvgIpc) is 3.24. The van der Waals surface area contributed by atoms with Crippen LogP contribution < -0.4 is 10.6 Å². The first-order valence-electron chi connectivity index (χ1n) is 8.89. The fourth-order valence-electron chi connectivity index (χ4n) is 3.16. The van der Waals surface area contributed by atoms with E-state index in [1.807, 2.05) is 22.5 Å². The van der Waals surface area contributed by atoms with Gasteiger partial charge in [0.15, 0.2) is 5.69 Å². The first-order valence-corrected chi connectivity index (χ1v) is 9.71. The number of carbonyl (C=O) groups is 1. The van der Waals surface area contributed by atoms with Crippen molar-refractivity contribution in [2.24, 2.45) is 0 Å². The van der Waals surface area contributed by atoms with Crippen molar-refractivity contribution >= 4 is 17.7 Å². The Morgan fingerprint density at radius 3 is 2.76 bits per heavy atom. The monoisotopic (exact) mass is 357 g/mol. The van der Waals surface area contributed by atoms with Gasteiger partial charge in [-0.25, -0.2) is 4.68 Å². The summed E-state index contributed by atoms with van der Waals surface area (Å²) in [5, 5.41) is 14.6. The Hall–Kier alpha value is -1.86. The molecule has 2 heterocycles. The molecule has 0 bridgehead atoms. The summed E-state index contributed by atoms with van der Waals surface area (Å²) in [6.07, 6.45) is 6.11. The van der Waals surface area contributed by atoms with Crippen LogP contribution in [0.5, 0.6) is 0 Å². The van der Waals surface area contributed by atoms with Crippen molar-refractivity contribution in [3.8, 4) is 0 Å². The fourth-order valence-corrected chi connectivity index (χ4v) is 4.40. The third-order valence-corrected chi connectivity index (χ3v) is 6.38. The van der Waals surface area contributed by atoms with Crippen molar-refractivity contribution in [2.75, 3.05) is 19.6 Å². The van der Waals surface area contributed by atoms with E-state index in [-0.39, 0.29) is 10.7 Å². The number of carbonyl (C=O) groups excluding carboxylic acids is 1.